The van der Waals surface area contributed by atoms with E-state index in [4.69, 9.17) is 15.0 Å². The molecule has 2 heterocycles. The van der Waals surface area contributed by atoms with Crippen LogP contribution in [0.4, 0.5) is 4.79 Å². The van der Waals surface area contributed by atoms with Gasteiger partial charge in [-0.1, -0.05) is 5.11 Å². The molecule has 2 rings (SSSR count). The molecule has 0 N–H and O–H groups in total. The fraction of sp³-hybridized carbons (Fsp3) is 0.500. The van der Waals surface area contributed by atoms with Crippen molar-refractivity contribution in [3.63, 3.8) is 0 Å². The Kier molecular flexibility index (Phi) is 6.85. The molecule has 0 fully saturated rings. The van der Waals surface area contributed by atoms with Gasteiger partial charge in [-0.25, -0.2) is 9.59 Å². The van der Waals surface area contributed by atoms with Crippen molar-refractivity contribution in [2.24, 2.45) is 5.11 Å². The SMILES string of the molecule is CCOC(=O)/C(=C/c1cc2c(s1)CCN(C(=O)OCC)CC2)N=[N+]=[N-]. The monoisotopic (exact) mass is 364 g/mol. The zero-order valence-electron chi connectivity index (χ0n) is 14.2. The smallest absolute Gasteiger partial charge is 0.409 e. The van der Waals surface area contributed by atoms with Crippen molar-refractivity contribution in [1.29, 1.82) is 0 Å². The number of hydrogen-bond donors (Lipinski definition) is 0. The molecule has 0 aromatic carbocycles. The van der Waals surface area contributed by atoms with Gasteiger partial charge in [0.2, 0.25) is 0 Å². The van der Waals surface area contributed by atoms with Crippen LogP contribution in [0.2, 0.25) is 0 Å². The molecule has 25 heavy (non-hydrogen) atoms. The summed E-state index contributed by atoms with van der Waals surface area (Å²) in [5, 5.41) is 3.42. The van der Waals surface area contributed by atoms with Gasteiger partial charge in [0.1, 0.15) is 5.70 Å². The maximum absolute atomic E-state index is 11.8. The molecule has 1 aromatic rings. The second kappa shape index (κ2) is 9.10. The first-order chi connectivity index (χ1) is 12.1. The van der Waals surface area contributed by atoms with E-state index in [0.717, 1.165) is 28.2 Å². The lowest BCUT2D eigenvalue weighted by Gasteiger charge is -2.19. The maximum atomic E-state index is 11.8. The van der Waals surface area contributed by atoms with E-state index in [0.29, 0.717) is 19.7 Å². The third-order valence-electron chi connectivity index (χ3n) is 3.62. The van der Waals surface area contributed by atoms with Crippen LogP contribution < -0.4 is 0 Å². The summed E-state index contributed by atoms with van der Waals surface area (Å²) in [5.74, 6) is -0.641. The Bertz CT molecular complexity index is 696. The van der Waals surface area contributed by atoms with E-state index in [1.54, 1.807) is 24.8 Å². The fourth-order valence-corrected chi connectivity index (χ4v) is 3.64. The summed E-state index contributed by atoms with van der Waals surface area (Å²) in [6, 6.07) is 1.96. The largest absolute Gasteiger partial charge is 0.462 e. The molecule has 1 aliphatic rings. The van der Waals surface area contributed by atoms with Gasteiger partial charge in [0, 0.05) is 27.8 Å². The molecule has 0 radical (unpaired) electrons. The number of carbonyl (C=O) groups is 2. The minimum absolute atomic E-state index is 0.0612. The van der Waals surface area contributed by atoms with Crippen molar-refractivity contribution in [2.75, 3.05) is 26.3 Å². The van der Waals surface area contributed by atoms with E-state index in [-0.39, 0.29) is 18.4 Å². The first kappa shape index (κ1) is 18.8. The molecule has 1 aliphatic heterocycles. The molecule has 1 amide bonds. The Hall–Kier alpha value is -2.51. The van der Waals surface area contributed by atoms with Crippen molar-refractivity contribution < 1.29 is 19.1 Å². The predicted molar refractivity (Wildman–Crippen MR) is 94.1 cm³/mol. The van der Waals surface area contributed by atoms with E-state index in [1.165, 1.54) is 11.3 Å². The zero-order valence-corrected chi connectivity index (χ0v) is 15.0. The number of esters is 1. The second-order valence-corrected chi connectivity index (χ2v) is 6.39. The Morgan fingerprint density at radius 3 is 2.72 bits per heavy atom. The van der Waals surface area contributed by atoms with Gasteiger partial charge in [-0.15, -0.1) is 11.3 Å². The van der Waals surface area contributed by atoms with E-state index < -0.39 is 5.97 Å². The number of amides is 1. The lowest BCUT2D eigenvalue weighted by atomic mass is 10.1. The van der Waals surface area contributed by atoms with Crippen LogP contribution in [0.1, 0.15) is 29.2 Å². The summed E-state index contributed by atoms with van der Waals surface area (Å²) < 4.78 is 9.94. The highest BCUT2D eigenvalue weighted by molar-refractivity contribution is 7.13. The van der Waals surface area contributed by atoms with Gasteiger partial charge in [-0.2, -0.15) is 0 Å². The first-order valence-electron chi connectivity index (χ1n) is 8.06. The molecule has 1 aromatic heterocycles. The van der Waals surface area contributed by atoms with E-state index >= 15 is 0 Å². The summed E-state index contributed by atoms with van der Waals surface area (Å²) in [5.41, 5.74) is 9.69. The van der Waals surface area contributed by atoms with E-state index in [1.807, 2.05) is 6.07 Å². The van der Waals surface area contributed by atoms with Crippen LogP contribution >= 0.6 is 11.3 Å². The number of carbonyl (C=O) groups excluding carboxylic acids is 2. The molecule has 0 saturated carbocycles. The highest BCUT2D eigenvalue weighted by atomic mass is 32.1. The third kappa shape index (κ3) is 4.98. The predicted octanol–water partition coefficient (Wildman–Crippen LogP) is 3.52. The fourth-order valence-electron chi connectivity index (χ4n) is 2.50. The minimum Gasteiger partial charge on any atom is -0.462 e. The summed E-state index contributed by atoms with van der Waals surface area (Å²) >= 11 is 1.52. The Labute approximate surface area is 149 Å². The number of hydrogen-bond acceptors (Lipinski definition) is 6. The molecule has 0 bridgehead atoms. The summed E-state index contributed by atoms with van der Waals surface area (Å²) in [7, 11) is 0. The van der Waals surface area contributed by atoms with Crippen molar-refractivity contribution in [1.82, 2.24) is 4.90 Å². The van der Waals surface area contributed by atoms with Crippen molar-refractivity contribution >= 4 is 29.5 Å². The van der Waals surface area contributed by atoms with Crippen molar-refractivity contribution in [3.8, 4) is 0 Å². The van der Waals surface area contributed by atoms with Gasteiger partial charge in [0.15, 0.2) is 0 Å². The van der Waals surface area contributed by atoms with Crippen LogP contribution in [-0.2, 0) is 27.1 Å². The van der Waals surface area contributed by atoms with Crippen molar-refractivity contribution in [2.45, 2.75) is 26.7 Å². The zero-order chi connectivity index (χ0) is 18.2. The van der Waals surface area contributed by atoms with Gasteiger partial charge in [0.05, 0.1) is 13.2 Å². The number of fused-ring (bicyclic) bond motifs is 1. The van der Waals surface area contributed by atoms with Crippen LogP contribution in [0.3, 0.4) is 0 Å². The Balaban J connectivity index is 2.15. The van der Waals surface area contributed by atoms with Gasteiger partial charge in [-0.05, 0) is 49.9 Å². The molecular formula is C16H20N4O4S. The summed E-state index contributed by atoms with van der Waals surface area (Å²) in [6.07, 6.45) is 2.70. The van der Waals surface area contributed by atoms with Gasteiger partial charge in [-0.3, -0.25) is 0 Å². The standard InChI is InChI=1S/C16H20N4O4S/c1-3-23-15(21)13(18-19-17)10-12-9-11-5-7-20(16(22)24-4-2)8-6-14(11)25-12/h9-10H,3-8H2,1-2H3/b13-10-. The maximum Gasteiger partial charge on any atom is 0.409 e. The molecule has 0 saturated heterocycles. The van der Waals surface area contributed by atoms with E-state index in [9.17, 15) is 9.59 Å². The van der Waals surface area contributed by atoms with Crippen LogP contribution in [0.15, 0.2) is 16.9 Å². The molecular weight excluding hydrogens is 344 g/mol. The lowest BCUT2D eigenvalue weighted by molar-refractivity contribution is -0.138. The third-order valence-corrected chi connectivity index (χ3v) is 4.80. The summed E-state index contributed by atoms with van der Waals surface area (Å²) in [6.45, 7) is 5.23. The molecule has 8 nitrogen and oxygen atoms in total. The topological polar surface area (TPSA) is 105 Å². The molecule has 0 unspecified atom stereocenters. The molecule has 0 spiro atoms. The van der Waals surface area contributed by atoms with Gasteiger partial charge in [0.25, 0.3) is 0 Å². The second-order valence-electron chi connectivity index (χ2n) is 5.22. The Morgan fingerprint density at radius 1 is 1.32 bits per heavy atom. The van der Waals surface area contributed by atoms with Gasteiger partial charge >= 0.3 is 12.1 Å². The number of azide groups is 1. The average Bonchev–Trinajstić information content (AvgIpc) is 2.86. The molecule has 0 aliphatic carbocycles. The number of rotatable bonds is 5. The van der Waals surface area contributed by atoms with Crippen LogP contribution in [-0.4, -0.2) is 43.3 Å². The van der Waals surface area contributed by atoms with Crippen LogP contribution in [0, 0.1) is 0 Å². The van der Waals surface area contributed by atoms with Crippen molar-refractivity contribution in [3.05, 3.63) is 37.5 Å². The molecule has 134 valence electrons. The number of ether oxygens (including phenoxy) is 2. The number of nitrogens with zero attached hydrogens (tertiary/aromatic N) is 4. The highest BCUT2D eigenvalue weighted by Crippen LogP contribution is 2.28. The van der Waals surface area contributed by atoms with Crippen LogP contribution in [0.25, 0.3) is 16.5 Å². The number of thiophene rings is 1. The first-order valence-corrected chi connectivity index (χ1v) is 8.87. The minimum atomic E-state index is -0.641. The van der Waals surface area contributed by atoms with Gasteiger partial charge < -0.3 is 14.4 Å². The average molecular weight is 364 g/mol. The lowest BCUT2D eigenvalue weighted by Crippen LogP contribution is -2.33. The summed E-state index contributed by atoms with van der Waals surface area (Å²) in [4.78, 5) is 30.0. The molecule has 9 heteroatoms. The van der Waals surface area contributed by atoms with Crippen LogP contribution in [0.5, 0.6) is 0 Å². The highest BCUT2D eigenvalue weighted by Gasteiger charge is 2.21. The quantitative estimate of drug-likeness (QED) is 0.262. The van der Waals surface area contributed by atoms with E-state index in [2.05, 4.69) is 10.0 Å². The molecule has 0 atom stereocenters. The normalized spacial score (nSPS) is 14.2. The Morgan fingerprint density at radius 2 is 2.04 bits per heavy atom.